The van der Waals surface area contributed by atoms with Crippen LogP contribution in [0.5, 0.6) is 0 Å². The van der Waals surface area contributed by atoms with Gasteiger partial charge in [-0.3, -0.25) is 10.0 Å². The summed E-state index contributed by atoms with van der Waals surface area (Å²) >= 11 is 0. The Morgan fingerprint density at radius 1 is 1.06 bits per heavy atom. The third-order valence-corrected chi connectivity index (χ3v) is 6.17. The van der Waals surface area contributed by atoms with Crippen molar-refractivity contribution in [2.45, 2.75) is 12.8 Å². The second-order valence-electron chi connectivity index (χ2n) is 8.42. The zero-order valence-electron chi connectivity index (χ0n) is 18.8. The van der Waals surface area contributed by atoms with Gasteiger partial charge in [-0.25, -0.2) is 10.3 Å². The van der Waals surface area contributed by atoms with Crippen molar-refractivity contribution in [1.29, 1.82) is 0 Å². The fourth-order valence-corrected chi connectivity index (χ4v) is 4.21. The van der Waals surface area contributed by atoms with Crippen molar-refractivity contribution < 1.29 is 19.5 Å². The second-order valence-corrected chi connectivity index (χ2v) is 8.42. The lowest BCUT2D eigenvalue weighted by Gasteiger charge is -2.28. The van der Waals surface area contributed by atoms with Gasteiger partial charge in [-0.2, -0.15) is 0 Å². The molecule has 1 saturated heterocycles. The lowest BCUT2D eigenvalue weighted by molar-refractivity contribution is 0.0564. The van der Waals surface area contributed by atoms with E-state index in [0.717, 1.165) is 41.9 Å². The Morgan fingerprint density at radius 3 is 2.48 bits per heavy atom. The minimum Gasteiger partial charge on any atom is -0.378 e. The van der Waals surface area contributed by atoms with E-state index in [0.29, 0.717) is 38.3 Å². The molecule has 0 radical (unpaired) electrons. The predicted molar refractivity (Wildman–Crippen MR) is 126 cm³/mol. The second kappa shape index (κ2) is 10.6. The summed E-state index contributed by atoms with van der Waals surface area (Å²) in [6.45, 7) is 4.13. The van der Waals surface area contributed by atoms with E-state index in [1.165, 1.54) is 5.57 Å². The van der Waals surface area contributed by atoms with E-state index in [1.807, 2.05) is 24.3 Å². The van der Waals surface area contributed by atoms with Gasteiger partial charge in [-0.1, -0.05) is 30.3 Å². The smallest absolute Gasteiger partial charge is 0.322 e. The van der Waals surface area contributed by atoms with Crippen LogP contribution in [0.25, 0.3) is 5.57 Å². The van der Waals surface area contributed by atoms with Crippen molar-refractivity contribution in [2.24, 2.45) is 0 Å². The molecule has 3 amide bonds. The minimum atomic E-state index is -0.545. The molecule has 2 aromatic rings. The van der Waals surface area contributed by atoms with Gasteiger partial charge in [-0.05, 0) is 53.9 Å². The van der Waals surface area contributed by atoms with Crippen LogP contribution >= 0.6 is 0 Å². The Kier molecular flexibility index (Phi) is 7.39. The molecule has 0 aliphatic carbocycles. The van der Waals surface area contributed by atoms with Crippen LogP contribution < -0.4 is 10.8 Å². The summed E-state index contributed by atoms with van der Waals surface area (Å²) in [6.07, 6.45) is 3.80. The van der Waals surface area contributed by atoms with Crippen molar-refractivity contribution >= 4 is 23.2 Å². The third-order valence-electron chi connectivity index (χ3n) is 6.17. The number of urea groups is 1. The van der Waals surface area contributed by atoms with E-state index in [-0.39, 0.29) is 6.03 Å². The number of carbonyl (C=O) groups is 2. The highest BCUT2D eigenvalue weighted by Crippen LogP contribution is 2.32. The van der Waals surface area contributed by atoms with E-state index < -0.39 is 5.91 Å². The predicted octanol–water partition coefficient (Wildman–Crippen LogP) is 2.98. The van der Waals surface area contributed by atoms with Crippen LogP contribution in [0.4, 0.5) is 10.5 Å². The molecule has 0 saturated carbocycles. The van der Waals surface area contributed by atoms with Gasteiger partial charge in [0.05, 0.1) is 13.2 Å². The van der Waals surface area contributed by atoms with Gasteiger partial charge in [-0.15, -0.1) is 0 Å². The molecule has 174 valence electrons. The van der Waals surface area contributed by atoms with Gasteiger partial charge < -0.3 is 19.9 Å². The summed E-state index contributed by atoms with van der Waals surface area (Å²) < 4.78 is 5.37. The summed E-state index contributed by atoms with van der Waals surface area (Å²) in [5.41, 5.74) is 7.31. The van der Waals surface area contributed by atoms with Crippen molar-refractivity contribution in [3.8, 4) is 0 Å². The molecule has 2 aromatic carbocycles. The molecule has 2 heterocycles. The maximum absolute atomic E-state index is 12.9. The Bertz CT molecular complexity index is 1030. The van der Waals surface area contributed by atoms with Crippen LogP contribution in [0.1, 0.15) is 33.5 Å². The normalized spacial score (nSPS) is 16.8. The van der Waals surface area contributed by atoms with Crippen LogP contribution in [0, 0.1) is 0 Å². The number of amides is 3. The average Bonchev–Trinajstić information content (AvgIpc) is 2.86. The van der Waals surface area contributed by atoms with Crippen molar-refractivity contribution in [3.63, 3.8) is 0 Å². The molecule has 4 rings (SSSR count). The van der Waals surface area contributed by atoms with Gasteiger partial charge >= 0.3 is 6.03 Å². The molecule has 3 N–H and O–H groups in total. The van der Waals surface area contributed by atoms with Gasteiger partial charge in [0.2, 0.25) is 0 Å². The number of morpholine rings is 1. The van der Waals surface area contributed by atoms with Crippen molar-refractivity contribution in [2.75, 3.05) is 51.8 Å². The molecule has 0 aromatic heterocycles. The standard InChI is InChI=1S/C25H30N4O4/c1-28-11-9-19(10-12-28)21-3-2-4-23(26-25(31)29-13-15-33-16-14-29)22(21)17-18-5-7-20(8-6-18)24(30)27-32/h2-9,32H,10-17H2,1H3,(H,26,31)(H,27,30). The molecular formula is C25H30N4O4. The van der Waals surface area contributed by atoms with Crippen LogP contribution in [-0.4, -0.2) is 73.4 Å². The Morgan fingerprint density at radius 2 is 1.82 bits per heavy atom. The Hall–Kier alpha value is -3.20. The van der Waals surface area contributed by atoms with Gasteiger partial charge in [0.1, 0.15) is 0 Å². The van der Waals surface area contributed by atoms with E-state index >= 15 is 0 Å². The zero-order chi connectivity index (χ0) is 23.2. The lowest BCUT2D eigenvalue weighted by Crippen LogP contribution is -2.43. The number of hydrogen-bond acceptors (Lipinski definition) is 5. The lowest BCUT2D eigenvalue weighted by atomic mass is 9.90. The highest BCUT2D eigenvalue weighted by molar-refractivity contribution is 5.93. The van der Waals surface area contributed by atoms with Gasteiger partial charge in [0.15, 0.2) is 0 Å². The summed E-state index contributed by atoms with van der Waals surface area (Å²) in [6, 6.07) is 13.0. The number of hydrogen-bond donors (Lipinski definition) is 3. The first-order valence-corrected chi connectivity index (χ1v) is 11.2. The van der Waals surface area contributed by atoms with Crippen molar-refractivity contribution in [1.82, 2.24) is 15.3 Å². The highest BCUT2D eigenvalue weighted by Gasteiger charge is 2.21. The molecule has 8 heteroatoms. The number of ether oxygens (including phenoxy) is 1. The number of hydroxylamine groups is 1. The average molecular weight is 451 g/mol. The van der Waals surface area contributed by atoms with Gasteiger partial charge in [0, 0.05) is 43.9 Å². The zero-order valence-corrected chi connectivity index (χ0v) is 18.8. The molecule has 0 unspecified atom stereocenters. The maximum Gasteiger partial charge on any atom is 0.322 e. The number of carbonyl (C=O) groups excluding carboxylic acids is 2. The maximum atomic E-state index is 12.9. The van der Waals surface area contributed by atoms with Gasteiger partial charge in [0.25, 0.3) is 5.91 Å². The number of rotatable bonds is 5. The Balaban J connectivity index is 1.65. The molecular weight excluding hydrogens is 420 g/mol. The SMILES string of the molecule is CN1CC=C(c2cccc(NC(=O)N3CCOCC3)c2Cc2ccc(C(=O)NO)cc2)CC1. The largest absolute Gasteiger partial charge is 0.378 e. The Labute approximate surface area is 193 Å². The quantitative estimate of drug-likeness (QED) is 0.481. The topological polar surface area (TPSA) is 94.1 Å². The summed E-state index contributed by atoms with van der Waals surface area (Å²) in [5.74, 6) is -0.545. The van der Waals surface area contributed by atoms with Crippen LogP contribution in [-0.2, 0) is 11.2 Å². The number of nitrogens with one attached hydrogen (secondary N) is 2. The van der Waals surface area contributed by atoms with E-state index in [1.54, 1.807) is 22.5 Å². The first-order chi connectivity index (χ1) is 16.0. The molecule has 0 spiro atoms. The van der Waals surface area contributed by atoms with E-state index in [4.69, 9.17) is 9.94 Å². The molecule has 2 aliphatic rings. The molecule has 8 nitrogen and oxygen atoms in total. The molecule has 2 aliphatic heterocycles. The summed E-state index contributed by atoms with van der Waals surface area (Å²) in [5, 5.41) is 12.0. The molecule has 0 atom stereocenters. The first kappa shape index (κ1) is 23.0. The molecule has 0 bridgehead atoms. The number of likely N-dealkylation sites (N-methyl/N-ethyl adjacent to an activating group) is 1. The monoisotopic (exact) mass is 450 g/mol. The van der Waals surface area contributed by atoms with Crippen LogP contribution in [0.2, 0.25) is 0 Å². The van der Waals surface area contributed by atoms with Crippen molar-refractivity contribution in [3.05, 3.63) is 70.8 Å². The highest BCUT2D eigenvalue weighted by atomic mass is 16.5. The number of nitrogens with zero attached hydrogens (tertiary/aromatic N) is 2. The van der Waals surface area contributed by atoms with Crippen LogP contribution in [0.3, 0.4) is 0 Å². The van der Waals surface area contributed by atoms with Crippen LogP contribution in [0.15, 0.2) is 48.5 Å². The number of benzene rings is 2. The summed E-state index contributed by atoms with van der Waals surface area (Å²) in [4.78, 5) is 28.6. The third kappa shape index (κ3) is 5.60. The molecule has 33 heavy (non-hydrogen) atoms. The fraction of sp³-hybridized carbons (Fsp3) is 0.360. The first-order valence-electron chi connectivity index (χ1n) is 11.2. The minimum absolute atomic E-state index is 0.121. The molecule has 1 fully saturated rings. The van der Waals surface area contributed by atoms with E-state index in [9.17, 15) is 9.59 Å². The number of anilines is 1. The summed E-state index contributed by atoms with van der Waals surface area (Å²) in [7, 11) is 2.11. The fourth-order valence-electron chi connectivity index (χ4n) is 4.21. The van der Waals surface area contributed by atoms with E-state index in [2.05, 4.69) is 29.4 Å².